The predicted molar refractivity (Wildman–Crippen MR) is 239 cm³/mol. The van der Waals surface area contributed by atoms with E-state index in [0.29, 0.717) is 28.7 Å². The van der Waals surface area contributed by atoms with Gasteiger partial charge in [0, 0.05) is 27.1 Å². The minimum absolute atomic E-state index is 0.469. The van der Waals surface area contributed by atoms with Gasteiger partial charge in [-0.25, -0.2) is 19.8 Å². The highest BCUT2D eigenvalue weighted by atomic mass is 15.1. The van der Waals surface area contributed by atoms with Crippen LogP contribution in [0.2, 0.25) is 0 Å². The van der Waals surface area contributed by atoms with Crippen LogP contribution in [-0.2, 0) is 0 Å². The quantitative estimate of drug-likeness (QED) is 0.165. The standard InChI is InChI=1S/C52H40N6/c1-30-16-20-38(32(3)24-30)36-18-22-42-40-12-8-10-14-46(40)57(48(42)26-36)50-28-44(52-55-34(5)54-35(6)56-52)45(53-7)29-51(50)58-47-15-11-9-13-41(47)43-23-19-37(27-49(43)58)39-21-17-31(2)25-33(39)4/h8-29H,1-6H3. The molecule has 0 saturated carbocycles. The van der Waals surface area contributed by atoms with Crippen molar-refractivity contribution < 1.29 is 0 Å². The molecular weight excluding hydrogens is 709 g/mol. The number of rotatable bonds is 5. The van der Waals surface area contributed by atoms with Crippen molar-refractivity contribution in [1.82, 2.24) is 24.1 Å². The van der Waals surface area contributed by atoms with Crippen molar-refractivity contribution in [2.24, 2.45) is 0 Å². The first-order valence-electron chi connectivity index (χ1n) is 19.6. The molecule has 0 saturated heterocycles. The molecule has 10 aromatic rings. The molecule has 278 valence electrons. The molecule has 0 spiro atoms. The van der Waals surface area contributed by atoms with Crippen molar-refractivity contribution in [2.45, 2.75) is 41.5 Å². The van der Waals surface area contributed by atoms with Crippen LogP contribution in [0.4, 0.5) is 5.69 Å². The topological polar surface area (TPSA) is 52.9 Å². The molecule has 6 heteroatoms. The first-order chi connectivity index (χ1) is 28.2. The molecule has 0 fully saturated rings. The zero-order valence-corrected chi connectivity index (χ0v) is 33.4. The van der Waals surface area contributed by atoms with Gasteiger partial charge in [-0.15, -0.1) is 0 Å². The van der Waals surface area contributed by atoms with Gasteiger partial charge in [0.2, 0.25) is 0 Å². The number of aryl methyl sites for hydroxylation is 6. The van der Waals surface area contributed by atoms with Crippen LogP contribution < -0.4 is 0 Å². The van der Waals surface area contributed by atoms with Crippen LogP contribution in [0.5, 0.6) is 0 Å². The Morgan fingerprint density at radius 2 is 0.897 bits per heavy atom. The molecule has 0 amide bonds. The first-order valence-corrected chi connectivity index (χ1v) is 19.6. The van der Waals surface area contributed by atoms with E-state index in [-0.39, 0.29) is 0 Å². The largest absolute Gasteiger partial charge is 0.308 e. The highest BCUT2D eigenvalue weighted by Crippen LogP contribution is 2.44. The Hall–Kier alpha value is -7.36. The molecule has 10 rings (SSSR count). The highest BCUT2D eigenvalue weighted by molar-refractivity contribution is 6.13. The first kappa shape index (κ1) is 35.1. The summed E-state index contributed by atoms with van der Waals surface area (Å²) in [4.78, 5) is 18.2. The lowest BCUT2D eigenvalue weighted by Gasteiger charge is -2.20. The van der Waals surface area contributed by atoms with Crippen molar-refractivity contribution in [3.63, 3.8) is 0 Å². The maximum absolute atomic E-state index is 8.58. The Kier molecular flexibility index (Phi) is 8.10. The monoisotopic (exact) mass is 748 g/mol. The van der Waals surface area contributed by atoms with Crippen molar-refractivity contribution in [2.75, 3.05) is 0 Å². The maximum Gasteiger partial charge on any atom is 0.200 e. The molecule has 0 N–H and O–H groups in total. The Balaban J connectivity index is 1.36. The Morgan fingerprint density at radius 3 is 1.38 bits per heavy atom. The molecule has 6 nitrogen and oxygen atoms in total. The van der Waals surface area contributed by atoms with Crippen LogP contribution in [0.3, 0.4) is 0 Å². The van der Waals surface area contributed by atoms with Crippen LogP contribution in [0, 0.1) is 48.1 Å². The van der Waals surface area contributed by atoms with Gasteiger partial charge in [0.1, 0.15) is 11.6 Å². The van der Waals surface area contributed by atoms with Crippen LogP contribution in [0.1, 0.15) is 33.9 Å². The lowest BCUT2D eigenvalue weighted by molar-refractivity contribution is 0.928. The van der Waals surface area contributed by atoms with Gasteiger partial charge in [-0.05, 0) is 111 Å². The molecule has 0 aliphatic heterocycles. The van der Waals surface area contributed by atoms with Gasteiger partial charge in [0.15, 0.2) is 11.5 Å². The molecule has 0 radical (unpaired) electrons. The van der Waals surface area contributed by atoms with Crippen LogP contribution >= 0.6 is 0 Å². The van der Waals surface area contributed by atoms with E-state index in [4.69, 9.17) is 16.5 Å². The summed E-state index contributed by atoms with van der Waals surface area (Å²) in [5, 5.41) is 4.59. The SMILES string of the molecule is [C-]#[N+]c1cc(-n2c3ccccc3c3ccc(-c4ccc(C)cc4C)cc32)c(-n2c3ccccc3c3ccc(-c4ccc(C)cc4C)cc32)cc1-c1nc(C)nc(C)n1. The zero-order valence-electron chi connectivity index (χ0n) is 33.4. The summed E-state index contributed by atoms with van der Waals surface area (Å²) in [5.74, 6) is 1.71. The third kappa shape index (κ3) is 5.58. The van der Waals surface area contributed by atoms with E-state index < -0.39 is 0 Å². The molecule has 0 atom stereocenters. The summed E-state index contributed by atoms with van der Waals surface area (Å²) < 4.78 is 4.73. The lowest BCUT2D eigenvalue weighted by atomic mass is 9.97. The molecule has 3 heterocycles. The van der Waals surface area contributed by atoms with Gasteiger partial charge in [-0.1, -0.05) is 108 Å². The minimum Gasteiger partial charge on any atom is -0.308 e. The average Bonchev–Trinajstić information content (AvgIpc) is 3.72. The number of fused-ring (bicyclic) bond motifs is 6. The number of nitrogens with zero attached hydrogens (tertiary/aromatic N) is 6. The summed E-state index contributed by atoms with van der Waals surface area (Å²) in [7, 11) is 0. The molecular formula is C52H40N6. The fourth-order valence-corrected chi connectivity index (χ4v) is 9.00. The fraction of sp³-hybridized carbons (Fsp3) is 0.115. The summed E-state index contributed by atoms with van der Waals surface area (Å²) in [5.41, 5.74) is 16.8. The second-order valence-corrected chi connectivity index (χ2v) is 15.5. The lowest BCUT2D eigenvalue weighted by Crippen LogP contribution is -2.06. The van der Waals surface area contributed by atoms with E-state index in [0.717, 1.165) is 66.1 Å². The molecule has 58 heavy (non-hydrogen) atoms. The minimum atomic E-state index is 0.469. The summed E-state index contributed by atoms with van der Waals surface area (Å²) in [6, 6.07) is 48.3. The normalized spacial score (nSPS) is 11.6. The van der Waals surface area contributed by atoms with Crippen molar-refractivity contribution in [3.8, 4) is 45.0 Å². The zero-order chi connectivity index (χ0) is 39.8. The van der Waals surface area contributed by atoms with Crippen molar-refractivity contribution in [1.29, 1.82) is 0 Å². The van der Waals surface area contributed by atoms with E-state index in [1.54, 1.807) is 0 Å². The summed E-state index contributed by atoms with van der Waals surface area (Å²) >= 11 is 0. The molecule has 0 aliphatic rings. The van der Waals surface area contributed by atoms with Gasteiger partial charge in [-0.3, -0.25) is 0 Å². The van der Waals surface area contributed by atoms with Crippen LogP contribution in [0.25, 0.3) is 93.5 Å². The van der Waals surface area contributed by atoms with E-state index >= 15 is 0 Å². The number of benzene rings is 7. The van der Waals surface area contributed by atoms with E-state index in [9.17, 15) is 0 Å². The van der Waals surface area contributed by atoms with E-state index in [2.05, 4.69) is 174 Å². The number of hydrogen-bond donors (Lipinski definition) is 0. The van der Waals surface area contributed by atoms with Gasteiger partial charge in [0.05, 0.1) is 40.0 Å². The number of aromatic nitrogens is 5. The third-order valence-corrected chi connectivity index (χ3v) is 11.5. The van der Waals surface area contributed by atoms with E-state index in [1.807, 2.05) is 19.9 Å². The smallest absolute Gasteiger partial charge is 0.200 e. The highest BCUT2D eigenvalue weighted by Gasteiger charge is 2.24. The van der Waals surface area contributed by atoms with Crippen LogP contribution in [-0.4, -0.2) is 24.1 Å². The number of para-hydroxylation sites is 2. The second-order valence-electron chi connectivity index (χ2n) is 15.5. The van der Waals surface area contributed by atoms with Crippen molar-refractivity contribution >= 4 is 49.3 Å². The summed E-state index contributed by atoms with van der Waals surface area (Å²) in [6.07, 6.45) is 0. The number of hydrogen-bond acceptors (Lipinski definition) is 3. The third-order valence-electron chi connectivity index (χ3n) is 11.5. The summed E-state index contributed by atoms with van der Waals surface area (Å²) in [6.45, 7) is 21.0. The molecule has 7 aromatic carbocycles. The van der Waals surface area contributed by atoms with Gasteiger partial charge < -0.3 is 9.13 Å². The fourth-order valence-electron chi connectivity index (χ4n) is 9.00. The molecule has 0 unspecified atom stereocenters. The van der Waals surface area contributed by atoms with E-state index in [1.165, 1.54) is 33.4 Å². The second kappa shape index (κ2) is 13.4. The Labute approximate surface area is 337 Å². The van der Waals surface area contributed by atoms with Gasteiger partial charge in [-0.2, -0.15) is 0 Å². The predicted octanol–water partition coefficient (Wildman–Crippen LogP) is 13.5. The average molecular weight is 749 g/mol. The van der Waals surface area contributed by atoms with Gasteiger partial charge in [0.25, 0.3) is 0 Å². The van der Waals surface area contributed by atoms with Crippen LogP contribution in [0.15, 0.2) is 133 Å². The maximum atomic E-state index is 8.58. The van der Waals surface area contributed by atoms with Crippen molar-refractivity contribution in [3.05, 3.63) is 179 Å². The Morgan fingerprint density at radius 1 is 0.431 bits per heavy atom. The molecule has 0 bridgehead atoms. The molecule has 0 aliphatic carbocycles. The van der Waals surface area contributed by atoms with Gasteiger partial charge >= 0.3 is 0 Å². The molecule has 3 aromatic heterocycles. The Bertz CT molecular complexity index is 3350.